The Kier molecular flexibility index (Phi) is 6.99. The van der Waals surface area contributed by atoms with E-state index in [2.05, 4.69) is 9.88 Å². The first kappa shape index (κ1) is 19.7. The number of methoxy groups -OCH3 is 1. The second-order valence-corrected chi connectivity index (χ2v) is 6.23. The number of nitrogens with one attached hydrogen (secondary N) is 1. The van der Waals surface area contributed by atoms with Gasteiger partial charge in [0.2, 0.25) is 0 Å². The number of rotatable bonds is 4. The van der Waals surface area contributed by atoms with Gasteiger partial charge in [0.05, 0.1) is 26.4 Å². The molecule has 1 unspecified atom stereocenters. The highest BCUT2D eigenvalue weighted by atomic mass is 16.5. The highest BCUT2D eigenvalue weighted by Gasteiger charge is 2.29. The Morgan fingerprint density at radius 1 is 1.46 bits per heavy atom. The summed E-state index contributed by atoms with van der Waals surface area (Å²) in [5.41, 5.74) is 1.52. The van der Waals surface area contributed by atoms with Crippen molar-refractivity contribution in [2.75, 3.05) is 47.5 Å². The van der Waals surface area contributed by atoms with Crippen LogP contribution < -0.4 is 4.74 Å². The standard InChI is InChI=1S/C17H23N3O3.CH2O2/c1-19(2)10-13-11-23-7-6-20(13)17(21)16-8-12-4-5-14(22-3)9-15(12)18-16;2-1-3/h4-5,8-9,13,18H,6-7,10-11H2,1-3H3;1H,(H,2,3). The molecule has 8 heteroatoms. The van der Waals surface area contributed by atoms with E-state index in [1.165, 1.54) is 0 Å². The first-order valence-electron chi connectivity index (χ1n) is 8.28. The van der Waals surface area contributed by atoms with Gasteiger partial charge in [-0.15, -0.1) is 0 Å². The molecule has 0 spiro atoms. The van der Waals surface area contributed by atoms with Gasteiger partial charge in [-0.1, -0.05) is 0 Å². The minimum absolute atomic E-state index is 0.0234. The maximum absolute atomic E-state index is 12.9. The number of H-pyrrole nitrogens is 1. The van der Waals surface area contributed by atoms with Gasteiger partial charge in [-0.25, -0.2) is 0 Å². The number of carbonyl (C=O) groups is 2. The summed E-state index contributed by atoms with van der Waals surface area (Å²) < 4.78 is 10.8. The number of amides is 1. The van der Waals surface area contributed by atoms with Gasteiger partial charge in [-0.05, 0) is 32.3 Å². The fourth-order valence-electron chi connectivity index (χ4n) is 3.00. The summed E-state index contributed by atoms with van der Waals surface area (Å²) in [6, 6.07) is 7.74. The minimum Gasteiger partial charge on any atom is -0.497 e. The number of aromatic nitrogens is 1. The number of hydrogen-bond acceptors (Lipinski definition) is 5. The van der Waals surface area contributed by atoms with Crippen LogP contribution in [-0.4, -0.2) is 85.8 Å². The van der Waals surface area contributed by atoms with Crippen LogP contribution in [0.5, 0.6) is 5.75 Å². The van der Waals surface area contributed by atoms with Gasteiger partial charge in [0.1, 0.15) is 11.4 Å². The molecule has 1 saturated heterocycles. The predicted molar refractivity (Wildman–Crippen MR) is 97.7 cm³/mol. The SMILES string of the molecule is COc1ccc2cc(C(=O)N3CCOCC3CN(C)C)[nH]c2c1.O=CO. The highest BCUT2D eigenvalue weighted by Crippen LogP contribution is 2.22. The molecule has 1 atom stereocenters. The summed E-state index contributed by atoms with van der Waals surface area (Å²) in [6.07, 6.45) is 0. The molecule has 1 aliphatic rings. The number of hydrogen-bond donors (Lipinski definition) is 2. The lowest BCUT2D eigenvalue weighted by molar-refractivity contribution is -0.122. The van der Waals surface area contributed by atoms with Gasteiger partial charge >= 0.3 is 0 Å². The third-order valence-electron chi connectivity index (χ3n) is 4.12. The molecule has 2 N–H and O–H groups in total. The molecule has 1 aromatic carbocycles. The number of fused-ring (bicyclic) bond motifs is 1. The van der Waals surface area contributed by atoms with Crippen molar-refractivity contribution in [2.24, 2.45) is 0 Å². The van der Waals surface area contributed by atoms with Gasteiger partial charge in [-0.3, -0.25) is 9.59 Å². The van der Waals surface area contributed by atoms with Gasteiger partial charge in [0, 0.05) is 30.1 Å². The number of aromatic amines is 1. The Morgan fingerprint density at radius 3 is 2.85 bits per heavy atom. The number of morpholine rings is 1. The van der Waals surface area contributed by atoms with Gasteiger partial charge in [-0.2, -0.15) is 0 Å². The Labute approximate surface area is 152 Å². The molecule has 0 bridgehead atoms. The second-order valence-electron chi connectivity index (χ2n) is 6.23. The lowest BCUT2D eigenvalue weighted by Gasteiger charge is -2.36. The Bertz CT molecular complexity index is 744. The number of nitrogens with zero attached hydrogens (tertiary/aromatic N) is 2. The molecule has 1 aromatic heterocycles. The molecule has 2 heterocycles. The van der Waals surface area contributed by atoms with Crippen LogP contribution in [0.25, 0.3) is 10.9 Å². The monoisotopic (exact) mass is 363 g/mol. The summed E-state index contributed by atoms with van der Waals surface area (Å²) in [5.74, 6) is 0.797. The fraction of sp³-hybridized carbons (Fsp3) is 0.444. The van der Waals surface area contributed by atoms with E-state index >= 15 is 0 Å². The summed E-state index contributed by atoms with van der Waals surface area (Å²) in [5, 5.41) is 7.89. The van der Waals surface area contributed by atoms with Crippen LogP contribution in [0.4, 0.5) is 0 Å². The zero-order valence-electron chi connectivity index (χ0n) is 15.3. The maximum Gasteiger partial charge on any atom is 0.290 e. The molecule has 2 aromatic rings. The van der Waals surface area contributed by atoms with E-state index in [4.69, 9.17) is 19.4 Å². The van der Waals surface area contributed by atoms with Crippen LogP contribution in [0.2, 0.25) is 0 Å². The van der Waals surface area contributed by atoms with Crippen molar-refractivity contribution in [2.45, 2.75) is 6.04 Å². The molecule has 8 nitrogen and oxygen atoms in total. The van der Waals surface area contributed by atoms with Crippen LogP contribution in [0.15, 0.2) is 24.3 Å². The predicted octanol–water partition coefficient (Wildman–Crippen LogP) is 1.28. The second kappa shape index (κ2) is 9.21. The van der Waals surface area contributed by atoms with Crippen molar-refractivity contribution in [3.8, 4) is 5.75 Å². The van der Waals surface area contributed by atoms with E-state index in [9.17, 15) is 4.79 Å². The minimum atomic E-state index is -0.250. The number of ether oxygens (including phenoxy) is 2. The van der Waals surface area contributed by atoms with Crippen molar-refractivity contribution in [3.05, 3.63) is 30.0 Å². The fourth-order valence-corrected chi connectivity index (χ4v) is 3.00. The summed E-state index contributed by atoms with van der Waals surface area (Å²) in [4.78, 5) is 28.5. The van der Waals surface area contributed by atoms with E-state index in [-0.39, 0.29) is 18.4 Å². The summed E-state index contributed by atoms with van der Waals surface area (Å²) in [6.45, 7) is 2.33. The lowest BCUT2D eigenvalue weighted by Crippen LogP contribution is -2.52. The maximum atomic E-state index is 12.9. The zero-order valence-corrected chi connectivity index (χ0v) is 15.3. The van der Waals surface area contributed by atoms with Crippen molar-refractivity contribution in [1.82, 2.24) is 14.8 Å². The largest absolute Gasteiger partial charge is 0.497 e. The molecule has 3 rings (SSSR count). The molecule has 0 radical (unpaired) electrons. The number of benzene rings is 1. The van der Waals surface area contributed by atoms with Gasteiger partial charge in [0.25, 0.3) is 12.4 Å². The van der Waals surface area contributed by atoms with Gasteiger partial charge in [0.15, 0.2) is 0 Å². The molecule has 142 valence electrons. The van der Waals surface area contributed by atoms with E-state index in [0.717, 1.165) is 23.2 Å². The highest BCUT2D eigenvalue weighted by molar-refractivity contribution is 5.98. The smallest absolute Gasteiger partial charge is 0.290 e. The number of carbonyl (C=O) groups excluding carboxylic acids is 1. The topological polar surface area (TPSA) is 95.1 Å². The molecule has 26 heavy (non-hydrogen) atoms. The lowest BCUT2D eigenvalue weighted by atomic mass is 10.2. The van der Waals surface area contributed by atoms with Crippen LogP contribution in [0.3, 0.4) is 0 Å². The first-order valence-corrected chi connectivity index (χ1v) is 8.28. The third kappa shape index (κ3) is 4.74. The number of likely N-dealkylation sites (N-methyl/N-ethyl adjacent to an activating group) is 1. The summed E-state index contributed by atoms with van der Waals surface area (Å²) >= 11 is 0. The molecule has 1 fully saturated rings. The van der Waals surface area contributed by atoms with Crippen molar-refractivity contribution in [1.29, 1.82) is 0 Å². The first-order chi connectivity index (χ1) is 12.5. The Balaban J connectivity index is 0.000000758. The van der Waals surface area contributed by atoms with E-state index in [1.54, 1.807) is 7.11 Å². The molecule has 1 amide bonds. The third-order valence-corrected chi connectivity index (χ3v) is 4.12. The average molecular weight is 363 g/mol. The molecular weight excluding hydrogens is 338 g/mol. The number of carboxylic acid groups (broad SMARTS) is 1. The average Bonchev–Trinajstić information content (AvgIpc) is 3.05. The van der Waals surface area contributed by atoms with E-state index < -0.39 is 0 Å². The Morgan fingerprint density at radius 2 is 2.19 bits per heavy atom. The Hall–Kier alpha value is -2.58. The van der Waals surface area contributed by atoms with E-state index in [0.29, 0.717) is 25.5 Å². The van der Waals surface area contributed by atoms with Crippen LogP contribution in [-0.2, 0) is 9.53 Å². The van der Waals surface area contributed by atoms with E-state index in [1.807, 2.05) is 43.3 Å². The zero-order chi connectivity index (χ0) is 19.1. The van der Waals surface area contributed by atoms with Crippen molar-refractivity contribution >= 4 is 23.3 Å². The summed E-state index contributed by atoms with van der Waals surface area (Å²) in [7, 11) is 5.65. The molecular formula is C18H25N3O5. The van der Waals surface area contributed by atoms with Gasteiger partial charge < -0.3 is 29.4 Å². The van der Waals surface area contributed by atoms with Crippen molar-refractivity contribution < 1.29 is 24.2 Å². The van der Waals surface area contributed by atoms with Crippen LogP contribution in [0, 0.1) is 0 Å². The molecule has 0 aliphatic carbocycles. The van der Waals surface area contributed by atoms with Crippen LogP contribution in [0.1, 0.15) is 10.5 Å². The normalized spacial score (nSPS) is 16.9. The molecule has 0 saturated carbocycles. The van der Waals surface area contributed by atoms with Crippen LogP contribution >= 0.6 is 0 Å². The quantitative estimate of drug-likeness (QED) is 0.795. The van der Waals surface area contributed by atoms with Crippen molar-refractivity contribution in [3.63, 3.8) is 0 Å². The molecule has 1 aliphatic heterocycles.